The second-order valence-electron chi connectivity index (χ2n) is 5.82. The summed E-state index contributed by atoms with van der Waals surface area (Å²) in [6.07, 6.45) is 0.481. The van der Waals surface area contributed by atoms with Gasteiger partial charge in [0.2, 0.25) is 0 Å². The van der Waals surface area contributed by atoms with Crippen molar-refractivity contribution in [1.82, 2.24) is 10.6 Å². The Morgan fingerprint density at radius 1 is 1.04 bits per heavy atom. The van der Waals surface area contributed by atoms with Crippen molar-refractivity contribution in [2.45, 2.75) is 26.3 Å². The second-order valence-corrected chi connectivity index (χ2v) is 5.82. The van der Waals surface area contributed by atoms with E-state index in [4.69, 9.17) is 18.9 Å². The van der Waals surface area contributed by atoms with Gasteiger partial charge >= 0.3 is 18.0 Å². The van der Waals surface area contributed by atoms with E-state index >= 15 is 0 Å². The lowest BCUT2D eigenvalue weighted by molar-refractivity contribution is -0.139. The molecule has 0 bridgehead atoms. The SMILES string of the molecule is CCOC(=O)C1=C(COC(=O)c2ccc(OC)c(OC)c2)NC(=O)N[C@@H]1CC. The summed E-state index contributed by atoms with van der Waals surface area (Å²) in [5, 5.41) is 5.18. The van der Waals surface area contributed by atoms with Crippen molar-refractivity contribution in [3.63, 3.8) is 0 Å². The van der Waals surface area contributed by atoms with E-state index in [1.54, 1.807) is 13.0 Å². The van der Waals surface area contributed by atoms with Gasteiger partial charge in [-0.25, -0.2) is 14.4 Å². The van der Waals surface area contributed by atoms with Gasteiger partial charge in [0.1, 0.15) is 6.61 Å². The fourth-order valence-electron chi connectivity index (χ4n) is 2.76. The van der Waals surface area contributed by atoms with E-state index < -0.39 is 24.0 Å². The summed E-state index contributed by atoms with van der Waals surface area (Å²) in [4.78, 5) is 36.6. The molecule has 0 fully saturated rings. The molecule has 0 aromatic heterocycles. The third kappa shape index (κ3) is 4.73. The molecule has 28 heavy (non-hydrogen) atoms. The minimum absolute atomic E-state index is 0.186. The molecule has 1 aliphatic rings. The van der Waals surface area contributed by atoms with Gasteiger partial charge in [0.05, 0.1) is 43.7 Å². The van der Waals surface area contributed by atoms with Crippen LogP contribution in [0.4, 0.5) is 4.79 Å². The minimum atomic E-state index is -0.641. The van der Waals surface area contributed by atoms with E-state index in [1.165, 1.54) is 26.4 Å². The number of benzene rings is 1. The van der Waals surface area contributed by atoms with Crippen LogP contribution >= 0.6 is 0 Å². The van der Waals surface area contributed by atoms with Crippen molar-refractivity contribution in [2.24, 2.45) is 0 Å². The average Bonchev–Trinajstić information content (AvgIpc) is 2.70. The van der Waals surface area contributed by atoms with Crippen molar-refractivity contribution < 1.29 is 33.3 Å². The van der Waals surface area contributed by atoms with Crippen LogP contribution in [0.15, 0.2) is 29.5 Å². The fraction of sp³-hybridized carbons (Fsp3) is 0.421. The third-order valence-electron chi connectivity index (χ3n) is 4.11. The smallest absolute Gasteiger partial charge is 0.338 e. The molecule has 2 rings (SSSR count). The van der Waals surface area contributed by atoms with Crippen molar-refractivity contribution in [3.05, 3.63) is 35.0 Å². The molecule has 1 aromatic rings. The highest BCUT2D eigenvalue weighted by molar-refractivity contribution is 5.95. The van der Waals surface area contributed by atoms with Gasteiger partial charge in [0.25, 0.3) is 0 Å². The highest BCUT2D eigenvalue weighted by atomic mass is 16.5. The van der Waals surface area contributed by atoms with Crippen LogP contribution in [-0.4, -0.2) is 51.4 Å². The molecule has 1 heterocycles. The highest BCUT2D eigenvalue weighted by Crippen LogP contribution is 2.28. The van der Waals surface area contributed by atoms with Crippen LogP contribution in [-0.2, 0) is 14.3 Å². The summed E-state index contributed by atoms with van der Waals surface area (Å²) in [6.45, 7) is 3.41. The number of urea groups is 1. The topological polar surface area (TPSA) is 112 Å². The summed E-state index contributed by atoms with van der Waals surface area (Å²) in [5.41, 5.74) is 0.676. The molecule has 0 radical (unpaired) electrons. The van der Waals surface area contributed by atoms with E-state index in [9.17, 15) is 14.4 Å². The number of amides is 2. The Hall–Kier alpha value is -3.23. The molecular formula is C19H24N2O7. The number of hydrogen-bond acceptors (Lipinski definition) is 7. The number of ether oxygens (including phenoxy) is 4. The van der Waals surface area contributed by atoms with Gasteiger partial charge in [-0.1, -0.05) is 6.92 Å². The Kier molecular flexibility index (Phi) is 7.25. The van der Waals surface area contributed by atoms with Gasteiger partial charge in [-0.05, 0) is 31.5 Å². The summed E-state index contributed by atoms with van der Waals surface area (Å²) >= 11 is 0. The molecule has 152 valence electrons. The summed E-state index contributed by atoms with van der Waals surface area (Å²) < 4.78 is 20.7. The van der Waals surface area contributed by atoms with Gasteiger partial charge in [-0.2, -0.15) is 0 Å². The zero-order valence-electron chi connectivity index (χ0n) is 16.3. The third-order valence-corrected chi connectivity index (χ3v) is 4.11. The molecule has 9 nitrogen and oxygen atoms in total. The van der Waals surface area contributed by atoms with Crippen LogP contribution in [0, 0.1) is 0 Å². The van der Waals surface area contributed by atoms with Crippen molar-refractivity contribution in [3.8, 4) is 11.5 Å². The predicted octanol–water partition coefficient (Wildman–Crippen LogP) is 1.77. The number of hydrogen-bond donors (Lipinski definition) is 2. The zero-order chi connectivity index (χ0) is 20.7. The molecule has 1 aromatic carbocycles. The number of nitrogens with one attached hydrogen (secondary N) is 2. The summed E-state index contributed by atoms with van der Waals surface area (Å²) in [6, 6.07) is 3.59. The van der Waals surface area contributed by atoms with E-state index in [0.717, 1.165) is 0 Å². The molecule has 0 saturated carbocycles. The second kappa shape index (κ2) is 9.63. The maximum Gasteiger partial charge on any atom is 0.338 e. The predicted molar refractivity (Wildman–Crippen MR) is 99.2 cm³/mol. The van der Waals surface area contributed by atoms with Gasteiger partial charge in [0.15, 0.2) is 11.5 Å². The monoisotopic (exact) mass is 392 g/mol. The highest BCUT2D eigenvalue weighted by Gasteiger charge is 2.32. The standard InChI is InChI=1S/C19H24N2O7/c1-5-12-16(18(23)27-6-2)13(21-19(24)20-12)10-28-17(22)11-7-8-14(25-3)15(9-11)26-4/h7-9,12H,5-6,10H2,1-4H3,(H2,20,21,24)/t12-/m1/s1. The average molecular weight is 392 g/mol. The first-order chi connectivity index (χ1) is 13.4. The summed E-state index contributed by atoms with van der Waals surface area (Å²) in [7, 11) is 2.95. The van der Waals surface area contributed by atoms with E-state index in [1.807, 2.05) is 6.92 Å². The minimum Gasteiger partial charge on any atom is -0.493 e. The first kappa shape index (κ1) is 21.1. The maximum absolute atomic E-state index is 12.4. The molecule has 0 unspecified atom stereocenters. The Bertz CT molecular complexity index is 788. The number of esters is 2. The van der Waals surface area contributed by atoms with Crippen LogP contribution in [0.2, 0.25) is 0 Å². The molecule has 0 saturated heterocycles. The van der Waals surface area contributed by atoms with Crippen LogP contribution < -0.4 is 20.1 Å². The zero-order valence-corrected chi connectivity index (χ0v) is 16.3. The number of rotatable bonds is 8. The van der Waals surface area contributed by atoms with Gasteiger partial charge in [-0.15, -0.1) is 0 Å². The Labute approximate surface area is 163 Å². The lowest BCUT2D eigenvalue weighted by atomic mass is 10.0. The number of methoxy groups -OCH3 is 2. The molecule has 2 amide bonds. The van der Waals surface area contributed by atoms with E-state index in [-0.39, 0.29) is 30.0 Å². The largest absolute Gasteiger partial charge is 0.493 e. The maximum atomic E-state index is 12.4. The first-order valence-electron chi connectivity index (χ1n) is 8.81. The normalized spacial score (nSPS) is 16.0. The fourth-order valence-corrected chi connectivity index (χ4v) is 2.76. The van der Waals surface area contributed by atoms with E-state index in [2.05, 4.69) is 10.6 Å². The van der Waals surface area contributed by atoms with Crippen LogP contribution in [0.25, 0.3) is 0 Å². The molecular weight excluding hydrogens is 368 g/mol. The molecule has 0 spiro atoms. The van der Waals surface area contributed by atoms with Crippen LogP contribution in [0.1, 0.15) is 30.6 Å². The quantitative estimate of drug-likeness (QED) is 0.649. The number of carbonyl (C=O) groups is 3. The van der Waals surface area contributed by atoms with Gasteiger partial charge < -0.3 is 29.6 Å². The molecule has 2 N–H and O–H groups in total. The Balaban J connectivity index is 2.22. The molecule has 1 atom stereocenters. The van der Waals surface area contributed by atoms with Crippen LogP contribution in [0.5, 0.6) is 11.5 Å². The molecule has 9 heteroatoms. The van der Waals surface area contributed by atoms with Gasteiger partial charge in [0, 0.05) is 0 Å². The first-order valence-corrected chi connectivity index (χ1v) is 8.81. The lowest BCUT2D eigenvalue weighted by Gasteiger charge is -2.28. The van der Waals surface area contributed by atoms with Crippen molar-refractivity contribution >= 4 is 18.0 Å². The van der Waals surface area contributed by atoms with Crippen molar-refractivity contribution in [2.75, 3.05) is 27.4 Å². The van der Waals surface area contributed by atoms with Crippen LogP contribution in [0.3, 0.4) is 0 Å². The van der Waals surface area contributed by atoms with Gasteiger partial charge in [-0.3, -0.25) is 0 Å². The number of carbonyl (C=O) groups excluding carboxylic acids is 3. The lowest BCUT2D eigenvalue weighted by Crippen LogP contribution is -2.51. The molecule has 0 aliphatic carbocycles. The summed E-state index contributed by atoms with van der Waals surface area (Å²) in [5.74, 6) is -0.358. The molecule has 1 aliphatic heterocycles. The Morgan fingerprint density at radius 2 is 1.75 bits per heavy atom. The van der Waals surface area contributed by atoms with E-state index in [0.29, 0.717) is 17.9 Å². The van der Waals surface area contributed by atoms with Crippen molar-refractivity contribution in [1.29, 1.82) is 0 Å². The Morgan fingerprint density at radius 3 is 2.36 bits per heavy atom.